The predicted octanol–water partition coefficient (Wildman–Crippen LogP) is 1.01. The van der Waals surface area contributed by atoms with Gasteiger partial charge in [-0.25, -0.2) is 0 Å². The zero-order chi connectivity index (χ0) is 12.7. The highest BCUT2D eigenvalue weighted by atomic mass is 16.5. The molecule has 0 aliphatic heterocycles. The van der Waals surface area contributed by atoms with Crippen molar-refractivity contribution in [2.75, 3.05) is 6.54 Å². The smallest absolute Gasteiger partial charge is 0.308 e. The molecule has 0 fully saturated rings. The summed E-state index contributed by atoms with van der Waals surface area (Å²) in [5.74, 6) is 0.782. The predicted molar refractivity (Wildman–Crippen MR) is 64.6 cm³/mol. The minimum atomic E-state index is -0.363. The lowest BCUT2D eigenvalue weighted by atomic mass is 10.3. The van der Waals surface area contributed by atoms with Crippen LogP contribution in [0, 0.1) is 0 Å². The summed E-state index contributed by atoms with van der Waals surface area (Å²) in [5, 5.41) is 0. The van der Waals surface area contributed by atoms with E-state index in [2.05, 4.69) is 0 Å². The standard InChI is InChI=1S/C12H18N2O3/c1-9(15)16-10-4-6-11(7-5-10)17-12(14)3-2-8-13/h4-7,12H,2-3,8,13-14H2,1H3. The third kappa shape index (κ3) is 5.33. The van der Waals surface area contributed by atoms with E-state index in [-0.39, 0.29) is 12.2 Å². The lowest BCUT2D eigenvalue weighted by molar-refractivity contribution is -0.131. The van der Waals surface area contributed by atoms with Crippen molar-refractivity contribution < 1.29 is 14.3 Å². The molecule has 0 radical (unpaired) electrons. The molecule has 0 bridgehead atoms. The van der Waals surface area contributed by atoms with Gasteiger partial charge in [0, 0.05) is 6.92 Å². The Labute approximate surface area is 101 Å². The molecule has 5 heteroatoms. The first kappa shape index (κ1) is 13.5. The Morgan fingerprint density at radius 3 is 2.41 bits per heavy atom. The topological polar surface area (TPSA) is 87.6 Å². The summed E-state index contributed by atoms with van der Waals surface area (Å²) in [6.07, 6.45) is 1.17. The van der Waals surface area contributed by atoms with Crippen LogP contribution in [0.15, 0.2) is 24.3 Å². The van der Waals surface area contributed by atoms with Crippen LogP contribution in [0.5, 0.6) is 11.5 Å². The normalized spacial score (nSPS) is 11.9. The van der Waals surface area contributed by atoms with Crippen molar-refractivity contribution in [2.24, 2.45) is 11.5 Å². The Balaban J connectivity index is 2.47. The lowest BCUT2D eigenvalue weighted by Crippen LogP contribution is -2.27. The number of hydrogen-bond acceptors (Lipinski definition) is 5. The Bertz CT molecular complexity index is 351. The Morgan fingerprint density at radius 2 is 1.88 bits per heavy atom. The van der Waals surface area contributed by atoms with Crippen molar-refractivity contribution in [2.45, 2.75) is 26.0 Å². The lowest BCUT2D eigenvalue weighted by Gasteiger charge is -2.14. The highest BCUT2D eigenvalue weighted by Crippen LogP contribution is 2.18. The van der Waals surface area contributed by atoms with E-state index < -0.39 is 0 Å². The summed E-state index contributed by atoms with van der Waals surface area (Å²) in [6, 6.07) is 6.74. The first-order chi connectivity index (χ1) is 8.11. The highest BCUT2D eigenvalue weighted by molar-refractivity contribution is 5.69. The number of hydrogen-bond donors (Lipinski definition) is 2. The molecule has 17 heavy (non-hydrogen) atoms. The van der Waals surface area contributed by atoms with Gasteiger partial charge in [-0.3, -0.25) is 10.5 Å². The van der Waals surface area contributed by atoms with Gasteiger partial charge in [0.1, 0.15) is 17.7 Å². The second-order valence-corrected chi connectivity index (χ2v) is 3.65. The molecule has 0 aromatic heterocycles. The van der Waals surface area contributed by atoms with E-state index in [4.69, 9.17) is 20.9 Å². The van der Waals surface area contributed by atoms with E-state index in [1.54, 1.807) is 24.3 Å². The van der Waals surface area contributed by atoms with Gasteiger partial charge in [-0.2, -0.15) is 0 Å². The van der Waals surface area contributed by atoms with Gasteiger partial charge < -0.3 is 15.2 Å². The zero-order valence-electron chi connectivity index (χ0n) is 9.89. The molecule has 1 unspecified atom stereocenters. The molecule has 1 aromatic carbocycles. The maximum atomic E-state index is 10.7. The highest BCUT2D eigenvalue weighted by Gasteiger charge is 2.04. The third-order valence-electron chi connectivity index (χ3n) is 2.07. The molecule has 0 saturated carbocycles. The van der Waals surface area contributed by atoms with Crippen LogP contribution in [0.4, 0.5) is 0 Å². The molecular weight excluding hydrogens is 220 g/mol. The molecule has 0 saturated heterocycles. The maximum Gasteiger partial charge on any atom is 0.308 e. The second kappa shape index (κ2) is 6.88. The van der Waals surface area contributed by atoms with E-state index in [0.717, 1.165) is 6.42 Å². The number of benzene rings is 1. The van der Waals surface area contributed by atoms with E-state index in [0.29, 0.717) is 24.5 Å². The number of esters is 1. The molecular formula is C12H18N2O3. The summed E-state index contributed by atoms with van der Waals surface area (Å²) in [4.78, 5) is 10.7. The number of carbonyl (C=O) groups is 1. The maximum absolute atomic E-state index is 10.7. The molecule has 1 atom stereocenters. The quantitative estimate of drug-likeness (QED) is 0.439. The first-order valence-electron chi connectivity index (χ1n) is 5.52. The molecule has 0 heterocycles. The number of rotatable bonds is 6. The third-order valence-corrected chi connectivity index (χ3v) is 2.07. The van der Waals surface area contributed by atoms with Gasteiger partial charge in [0.05, 0.1) is 0 Å². The molecule has 0 amide bonds. The molecule has 1 aromatic rings. The summed E-state index contributed by atoms with van der Waals surface area (Å²) >= 11 is 0. The van der Waals surface area contributed by atoms with Gasteiger partial charge in [-0.1, -0.05) is 0 Å². The number of nitrogens with two attached hydrogens (primary N) is 2. The largest absolute Gasteiger partial charge is 0.476 e. The Morgan fingerprint density at radius 1 is 1.29 bits per heavy atom. The SMILES string of the molecule is CC(=O)Oc1ccc(OC(N)CCCN)cc1. The van der Waals surface area contributed by atoms with Gasteiger partial charge in [0.15, 0.2) is 0 Å². The fourth-order valence-corrected chi connectivity index (χ4v) is 1.30. The molecule has 94 valence electrons. The summed E-state index contributed by atoms with van der Waals surface area (Å²) < 4.78 is 10.4. The summed E-state index contributed by atoms with van der Waals surface area (Å²) in [5.41, 5.74) is 11.1. The molecule has 0 aliphatic carbocycles. The molecule has 0 aliphatic rings. The van der Waals surface area contributed by atoms with Crippen molar-refractivity contribution in [3.8, 4) is 11.5 Å². The molecule has 4 N–H and O–H groups in total. The van der Waals surface area contributed by atoms with E-state index in [1.165, 1.54) is 6.92 Å². The molecule has 1 rings (SSSR count). The van der Waals surface area contributed by atoms with Crippen molar-refractivity contribution in [1.29, 1.82) is 0 Å². The van der Waals surface area contributed by atoms with Crippen molar-refractivity contribution in [1.82, 2.24) is 0 Å². The second-order valence-electron chi connectivity index (χ2n) is 3.65. The minimum absolute atomic E-state index is 0.349. The van der Waals surface area contributed by atoms with Gasteiger partial charge in [-0.05, 0) is 43.7 Å². The number of ether oxygens (including phenoxy) is 2. The van der Waals surface area contributed by atoms with Gasteiger partial charge in [-0.15, -0.1) is 0 Å². The monoisotopic (exact) mass is 238 g/mol. The van der Waals surface area contributed by atoms with Gasteiger partial charge in [0.2, 0.25) is 0 Å². The van der Waals surface area contributed by atoms with E-state index in [9.17, 15) is 4.79 Å². The zero-order valence-corrected chi connectivity index (χ0v) is 9.89. The van der Waals surface area contributed by atoms with Crippen molar-refractivity contribution in [3.63, 3.8) is 0 Å². The van der Waals surface area contributed by atoms with Crippen LogP contribution >= 0.6 is 0 Å². The van der Waals surface area contributed by atoms with Gasteiger partial charge in [0.25, 0.3) is 0 Å². The van der Waals surface area contributed by atoms with Crippen LogP contribution in [-0.2, 0) is 4.79 Å². The molecule has 5 nitrogen and oxygen atoms in total. The average Bonchev–Trinajstić information content (AvgIpc) is 2.28. The Kier molecular flexibility index (Phi) is 5.45. The average molecular weight is 238 g/mol. The fraction of sp³-hybridized carbons (Fsp3) is 0.417. The van der Waals surface area contributed by atoms with E-state index in [1.807, 2.05) is 0 Å². The van der Waals surface area contributed by atoms with Crippen molar-refractivity contribution in [3.05, 3.63) is 24.3 Å². The van der Waals surface area contributed by atoms with Crippen LogP contribution in [0.25, 0.3) is 0 Å². The van der Waals surface area contributed by atoms with Crippen LogP contribution in [0.2, 0.25) is 0 Å². The summed E-state index contributed by atoms with van der Waals surface area (Å²) in [6.45, 7) is 1.95. The van der Waals surface area contributed by atoms with Crippen LogP contribution in [0.1, 0.15) is 19.8 Å². The van der Waals surface area contributed by atoms with Crippen LogP contribution in [0.3, 0.4) is 0 Å². The number of carbonyl (C=O) groups excluding carboxylic acids is 1. The van der Waals surface area contributed by atoms with Gasteiger partial charge >= 0.3 is 5.97 Å². The fourth-order valence-electron chi connectivity index (χ4n) is 1.30. The van der Waals surface area contributed by atoms with Crippen LogP contribution < -0.4 is 20.9 Å². The van der Waals surface area contributed by atoms with Crippen LogP contribution in [-0.4, -0.2) is 18.7 Å². The Hall–Kier alpha value is -1.59. The van der Waals surface area contributed by atoms with E-state index >= 15 is 0 Å². The van der Waals surface area contributed by atoms with Crippen molar-refractivity contribution >= 4 is 5.97 Å². The minimum Gasteiger partial charge on any atom is -0.476 e. The first-order valence-corrected chi connectivity index (χ1v) is 5.52. The molecule has 0 spiro atoms. The summed E-state index contributed by atoms with van der Waals surface area (Å²) in [7, 11) is 0.